The van der Waals surface area contributed by atoms with Crippen molar-refractivity contribution in [3.63, 3.8) is 0 Å². The maximum Gasteiger partial charge on any atom is 0.307 e. The molecule has 0 saturated carbocycles. The molecule has 0 bridgehead atoms. The molecule has 112 valence electrons. The minimum atomic E-state index is -3.53. The Morgan fingerprint density at radius 1 is 1.47 bits per heavy atom. The Balaban J connectivity index is 2.45. The van der Waals surface area contributed by atoms with Crippen LogP contribution >= 0.6 is 0 Å². The van der Waals surface area contributed by atoms with Crippen LogP contribution in [0.2, 0.25) is 0 Å². The second kappa shape index (κ2) is 7.21. The molecular formula is C12H24N2O4S. The van der Waals surface area contributed by atoms with E-state index in [0.717, 1.165) is 12.8 Å². The van der Waals surface area contributed by atoms with E-state index in [9.17, 15) is 13.2 Å². The van der Waals surface area contributed by atoms with Crippen LogP contribution in [-0.4, -0.2) is 43.4 Å². The number of aliphatic carboxylic acids is 1. The Morgan fingerprint density at radius 3 is 2.74 bits per heavy atom. The van der Waals surface area contributed by atoms with Crippen LogP contribution in [0.15, 0.2) is 0 Å². The molecule has 0 amide bonds. The molecule has 1 saturated heterocycles. The van der Waals surface area contributed by atoms with E-state index in [4.69, 9.17) is 5.11 Å². The summed E-state index contributed by atoms with van der Waals surface area (Å²) in [6.45, 7) is 5.08. The van der Waals surface area contributed by atoms with Crippen molar-refractivity contribution < 1.29 is 18.3 Å². The number of hydrogen-bond donors (Lipinski definition) is 2. The molecule has 19 heavy (non-hydrogen) atoms. The topological polar surface area (TPSA) is 86.7 Å². The highest BCUT2D eigenvalue weighted by Gasteiger charge is 2.31. The average molecular weight is 292 g/mol. The smallest absolute Gasteiger partial charge is 0.307 e. The van der Waals surface area contributed by atoms with Gasteiger partial charge in [-0.25, -0.2) is 4.72 Å². The number of carboxylic acid groups (broad SMARTS) is 1. The molecule has 0 aromatic carbocycles. The van der Waals surface area contributed by atoms with E-state index in [2.05, 4.69) is 18.6 Å². The minimum Gasteiger partial charge on any atom is -0.481 e. The molecular weight excluding hydrogens is 268 g/mol. The summed E-state index contributed by atoms with van der Waals surface area (Å²) in [7, 11) is -3.53. The monoisotopic (exact) mass is 292 g/mol. The third kappa shape index (κ3) is 5.46. The van der Waals surface area contributed by atoms with Crippen molar-refractivity contribution in [3.8, 4) is 0 Å². The van der Waals surface area contributed by atoms with E-state index in [1.807, 2.05) is 0 Å². The van der Waals surface area contributed by atoms with E-state index in [0.29, 0.717) is 31.8 Å². The lowest BCUT2D eigenvalue weighted by Crippen LogP contribution is -2.47. The Hall–Kier alpha value is -0.660. The van der Waals surface area contributed by atoms with E-state index >= 15 is 0 Å². The van der Waals surface area contributed by atoms with Gasteiger partial charge in [0.05, 0.1) is 5.92 Å². The molecule has 0 aliphatic carbocycles. The maximum absolute atomic E-state index is 12.0. The Morgan fingerprint density at radius 2 is 2.16 bits per heavy atom. The lowest BCUT2D eigenvalue weighted by atomic mass is 10.0. The molecule has 7 heteroatoms. The summed E-state index contributed by atoms with van der Waals surface area (Å²) in [6, 6.07) is 0. The van der Waals surface area contributed by atoms with Gasteiger partial charge in [0.1, 0.15) is 0 Å². The van der Waals surface area contributed by atoms with Crippen LogP contribution in [0.4, 0.5) is 0 Å². The third-order valence-corrected chi connectivity index (χ3v) is 4.90. The molecule has 2 N–H and O–H groups in total. The van der Waals surface area contributed by atoms with Crippen molar-refractivity contribution in [2.24, 2.45) is 11.8 Å². The molecule has 1 heterocycles. The first-order valence-electron chi connectivity index (χ1n) is 6.80. The van der Waals surface area contributed by atoms with E-state index in [1.54, 1.807) is 0 Å². The number of rotatable bonds is 7. The zero-order valence-electron chi connectivity index (χ0n) is 11.6. The van der Waals surface area contributed by atoms with E-state index in [-0.39, 0.29) is 6.54 Å². The number of nitrogens with zero attached hydrogens (tertiary/aromatic N) is 1. The first-order chi connectivity index (χ1) is 8.83. The van der Waals surface area contributed by atoms with Crippen molar-refractivity contribution in [2.75, 3.05) is 19.6 Å². The largest absolute Gasteiger partial charge is 0.481 e. The molecule has 1 unspecified atom stereocenters. The zero-order chi connectivity index (χ0) is 14.5. The lowest BCUT2D eigenvalue weighted by Gasteiger charge is -2.29. The molecule has 0 radical (unpaired) electrons. The fraction of sp³-hybridized carbons (Fsp3) is 0.917. The summed E-state index contributed by atoms with van der Waals surface area (Å²) < 4.78 is 27.8. The van der Waals surface area contributed by atoms with Gasteiger partial charge in [-0.3, -0.25) is 4.79 Å². The molecule has 0 aromatic rings. The fourth-order valence-electron chi connectivity index (χ4n) is 2.17. The Kier molecular flexibility index (Phi) is 6.22. The van der Waals surface area contributed by atoms with Gasteiger partial charge in [-0.05, 0) is 31.6 Å². The van der Waals surface area contributed by atoms with Gasteiger partial charge in [-0.15, -0.1) is 0 Å². The highest BCUT2D eigenvalue weighted by molar-refractivity contribution is 7.87. The van der Waals surface area contributed by atoms with Crippen molar-refractivity contribution in [2.45, 2.75) is 39.5 Å². The van der Waals surface area contributed by atoms with Crippen LogP contribution in [0.25, 0.3) is 0 Å². The number of piperidine rings is 1. The molecule has 1 atom stereocenters. The predicted molar refractivity (Wildman–Crippen MR) is 72.9 cm³/mol. The SMILES string of the molecule is CC(C)CCCNS(=O)(=O)N1CCCC(C(=O)O)C1. The number of carbonyl (C=O) groups is 1. The fourth-order valence-corrected chi connectivity index (χ4v) is 3.50. The summed E-state index contributed by atoms with van der Waals surface area (Å²) in [5.41, 5.74) is 0. The molecule has 0 spiro atoms. The van der Waals surface area contributed by atoms with Crippen molar-refractivity contribution in [1.82, 2.24) is 9.03 Å². The minimum absolute atomic E-state index is 0.0782. The first kappa shape index (κ1) is 16.4. The Labute approximate surface area is 115 Å². The molecule has 6 nitrogen and oxygen atoms in total. The molecule has 0 aromatic heterocycles. The van der Waals surface area contributed by atoms with Gasteiger partial charge < -0.3 is 5.11 Å². The van der Waals surface area contributed by atoms with Crippen LogP contribution in [-0.2, 0) is 15.0 Å². The first-order valence-corrected chi connectivity index (χ1v) is 8.24. The molecule has 1 aliphatic heterocycles. The summed E-state index contributed by atoms with van der Waals surface area (Å²) in [5.74, 6) is -0.948. The number of carboxylic acids is 1. The van der Waals surface area contributed by atoms with Gasteiger partial charge in [0, 0.05) is 19.6 Å². The van der Waals surface area contributed by atoms with Crippen molar-refractivity contribution in [1.29, 1.82) is 0 Å². The number of nitrogens with one attached hydrogen (secondary N) is 1. The lowest BCUT2D eigenvalue weighted by molar-refractivity contribution is -0.142. The third-order valence-electron chi connectivity index (χ3n) is 3.32. The maximum atomic E-state index is 12.0. The van der Waals surface area contributed by atoms with Crippen LogP contribution in [0.3, 0.4) is 0 Å². The summed E-state index contributed by atoms with van der Waals surface area (Å²) in [4.78, 5) is 10.9. The summed E-state index contributed by atoms with van der Waals surface area (Å²) in [6.07, 6.45) is 2.92. The average Bonchev–Trinajstić information content (AvgIpc) is 2.34. The van der Waals surface area contributed by atoms with Gasteiger partial charge in [0.2, 0.25) is 0 Å². The second-order valence-corrected chi connectivity index (χ2v) is 7.23. The van der Waals surface area contributed by atoms with Crippen molar-refractivity contribution >= 4 is 16.2 Å². The molecule has 1 rings (SSSR count). The van der Waals surface area contributed by atoms with Gasteiger partial charge in [-0.2, -0.15) is 12.7 Å². The van der Waals surface area contributed by atoms with Gasteiger partial charge in [-0.1, -0.05) is 13.8 Å². The Bertz CT molecular complexity index is 395. The predicted octanol–water partition coefficient (Wildman–Crippen LogP) is 1.05. The standard InChI is InChI=1S/C12H24N2O4S/c1-10(2)5-3-7-13-19(17,18)14-8-4-6-11(9-14)12(15)16/h10-11,13H,3-9H2,1-2H3,(H,15,16). The van der Waals surface area contributed by atoms with Crippen LogP contribution in [0.5, 0.6) is 0 Å². The quantitative estimate of drug-likeness (QED) is 0.687. The van der Waals surface area contributed by atoms with Gasteiger partial charge in [0.25, 0.3) is 10.2 Å². The van der Waals surface area contributed by atoms with Crippen molar-refractivity contribution in [3.05, 3.63) is 0 Å². The van der Waals surface area contributed by atoms with E-state index in [1.165, 1.54) is 4.31 Å². The van der Waals surface area contributed by atoms with Gasteiger partial charge >= 0.3 is 5.97 Å². The summed E-state index contributed by atoms with van der Waals surface area (Å²) in [5, 5.41) is 8.96. The normalized spacial score (nSPS) is 21.7. The second-order valence-electron chi connectivity index (χ2n) is 5.47. The molecule has 1 aliphatic rings. The van der Waals surface area contributed by atoms with E-state index < -0.39 is 22.1 Å². The zero-order valence-corrected chi connectivity index (χ0v) is 12.4. The highest BCUT2D eigenvalue weighted by atomic mass is 32.2. The molecule has 1 fully saturated rings. The number of hydrogen-bond acceptors (Lipinski definition) is 3. The summed E-state index contributed by atoms with van der Waals surface area (Å²) >= 11 is 0. The van der Waals surface area contributed by atoms with Crippen LogP contribution in [0.1, 0.15) is 39.5 Å². The van der Waals surface area contributed by atoms with Gasteiger partial charge in [0.15, 0.2) is 0 Å². The van der Waals surface area contributed by atoms with Crippen LogP contribution in [0, 0.1) is 11.8 Å². The highest BCUT2D eigenvalue weighted by Crippen LogP contribution is 2.18. The van der Waals surface area contributed by atoms with Crippen LogP contribution < -0.4 is 4.72 Å².